The van der Waals surface area contributed by atoms with Crippen molar-refractivity contribution in [3.63, 3.8) is 0 Å². The highest BCUT2D eigenvalue weighted by Crippen LogP contribution is 2.28. The van der Waals surface area contributed by atoms with E-state index < -0.39 is 0 Å². The Hall–Kier alpha value is -2.79. The Bertz CT molecular complexity index is 972. The maximum Gasteiger partial charge on any atom is 0.160 e. The molecule has 0 radical (unpaired) electrons. The molecule has 5 nitrogen and oxygen atoms in total. The summed E-state index contributed by atoms with van der Waals surface area (Å²) in [6, 6.07) is 15.6. The van der Waals surface area contributed by atoms with Crippen LogP contribution in [-0.2, 0) is 7.05 Å². The van der Waals surface area contributed by atoms with E-state index in [0.29, 0.717) is 5.02 Å². The number of halogens is 1. The van der Waals surface area contributed by atoms with E-state index in [1.807, 2.05) is 65.1 Å². The van der Waals surface area contributed by atoms with Gasteiger partial charge < -0.3 is 5.32 Å². The number of aryl methyl sites for hydroxylation is 1. The van der Waals surface area contributed by atoms with Crippen LogP contribution in [-0.4, -0.2) is 19.6 Å². The Morgan fingerprint density at radius 1 is 1.09 bits per heavy atom. The van der Waals surface area contributed by atoms with Gasteiger partial charge in [0.1, 0.15) is 0 Å². The third kappa shape index (κ3) is 2.55. The number of aromatic nitrogens is 4. The Kier molecular flexibility index (Phi) is 3.28. The van der Waals surface area contributed by atoms with E-state index in [1.165, 1.54) is 0 Å². The average Bonchev–Trinajstić information content (AvgIpc) is 3.17. The molecular weight excluding hydrogens is 310 g/mol. The van der Waals surface area contributed by atoms with Crippen LogP contribution >= 0.6 is 11.6 Å². The maximum atomic E-state index is 6.05. The number of rotatable bonds is 3. The van der Waals surface area contributed by atoms with E-state index in [-0.39, 0.29) is 0 Å². The first kappa shape index (κ1) is 13.8. The summed E-state index contributed by atoms with van der Waals surface area (Å²) in [6.45, 7) is 0. The van der Waals surface area contributed by atoms with Crippen molar-refractivity contribution in [1.29, 1.82) is 0 Å². The van der Waals surface area contributed by atoms with Crippen LogP contribution in [0.25, 0.3) is 16.6 Å². The minimum Gasteiger partial charge on any atom is -0.338 e. The normalized spacial score (nSPS) is 11.0. The van der Waals surface area contributed by atoms with Gasteiger partial charge >= 0.3 is 0 Å². The lowest BCUT2D eigenvalue weighted by Gasteiger charge is -2.05. The molecule has 4 aromatic rings. The molecule has 0 aliphatic heterocycles. The van der Waals surface area contributed by atoms with Gasteiger partial charge in [-0.15, -0.1) is 0 Å². The Morgan fingerprint density at radius 3 is 2.78 bits per heavy atom. The molecule has 2 aromatic carbocycles. The van der Waals surface area contributed by atoms with Crippen LogP contribution in [0.4, 0.5) is 11.5 Å². The van der Waals surface area contributed by atoms with Crippen LogP contribution in [0.15, 0.2) is 60.9 Å². The highest BCUT2D eigenvalue weighted by molar-refractivity contribution is 6.30. The summed E-state index contributed by atoms with van der Waals surface area (Å²) in [6.07, 6.45) is 3.68. The molecule has 114 valence electrons. The van der Waals surface area contributed by atoms with Crippen molar-refractivity contribution >= 4 is 34.0 Å². The fourth-order valence-electron chi connectivity index (χ4n) is 2.61. The first-order valence-electron chi connectivity index (χ1n) is 7.20. The van der Waals surface area contributed by atoms with Gasteiger partial charge in [0.05, 0.1) is 11.2 Å². The lowest BCUT2D eigenvalue weighted by atomic mass is 10.2. The van der Waals surface area contributed by atoms with Gasteiger partial charge in [0.25, 0.3) is 0 Å². The van der Waals surface area contributed by atoms with E-state index in [4.69, 9.17) is 11.6 Å². The van der Waals surface area contributed by atoms with E-state index in [0.717, 1.165) is 28.1 Å². The topological polar surface area (TPSA) is 47.7 Å². The summed E-state index contributed by atoms with van der Waals surface area (Å²) in [5.74, 6) is 0.791. The molecule has 0 fully saturated rings. The van der Waals surface area contributed by atoms with E-state index in [2.05, 4.69) is 21.6 Å². The summed E-state index contributed by atoms with van der Waals surface area (Å²) >= 11 is 6.05. The predicted molar refractivity (Wildman–Crippen MR) is 92.6 cm³/mol. The van der Waals surface area contributed by atoms with Gasteiger partial charge in [-0.1, -0.05) is 17.7 Å². The molecule has 2 heterocycles. The van der Waals surface area contributed by atoms with Crippen molar-refractivity contribution in [3.8, 4) is 5.69 Å². The minimum atomic E-state index is 0.687. The standard InChI is InChI=1S/C17H14ClN5/c1-22-16-7-6-14(23-9-3-8-19-23)11-15(16)17(21-22)20-13-5-2-4-12(18)10-13/h2-11H,1H3,(H,20,21). The fraction of sp³-hybridized carbons (Fsp3) is 0.0588. The number of anilines is 2. The lowest BCUT2D eigenvalue weighted by molar-refractivity contribution is 0.800. The molecule has 0 saturated heterocycles. The number of benzene rings is 2. The molecule has 1 N–H and O–H groups in total. The molecule has 0 amide bonds. The van der Waals surface area contributed by atoms with Gasteiger partial charge in [-0.3, -0.25) is 4.68 Å². The van der Waals surface area contributed by atoms with E-state index >= 15 is 0 Å². The molecule has 0 spiro atoms. The number of hydrogen-bond acceptors (Lipinski definition) is 3. The van der Waals surface area contributed by atoms with Crippen molar-refractivity contribution < 1.29 is 0 Å². The highest BCUT2D eigenvalue weighted by atomic mass is 35.5. The third-order valence-corrected chi connectivity index (χ3v) is 3.93. The van der Waals surface area contributed by atoms with Gasteiger partial charge in [0.2, 0.25) is 0 Å². The van der Waals surface area contributed by atoms with Crippen LogP contribution in [0.1, 0.15) is 0 Å². The fourth-order valence-corrected chi connectivity index (χ4v) is 2.80. The largest absolute Gasteiger partial charge is 0.338 e. The quantitative estimate of drug-likeness (QED) is 0.616. The van der Waals surface area contributed by atoms with Crippen molar-refractivity contribution in [1.82, 2.24) is 19.6 Å². The Labute approximate surface area is 138 Å². The van der Waals surface area contributed by atoms with Crippen LogP contribution in [0.3, 0.4) is 0 Å². The molecule has 6 heteroatoms. The van der Waals surface area contributed by atoms with Gasteiger partial charge in [0.15, 0.2) is 5.82 Å². The molecule has 0 aliphatic carbocycles. The number of nitrogens with zero attached hydrogens (tertiary/aromatic N) is 4. The average molecular weight is 324 g/mol. The molecule has 0 atom stereocenters. The second-order valence-electron chi connectivity index (χ2n) is 5.26. The first-order valence-corrected chi connectivity index (χ1v) is 7.58. The molecule has 23 heavy (non-hydrogen) atoms. The number of nitrogens with one attached hydrogen (secondary N) is 1. The van der Waals surface area contributed by atoms with Crippen molar-refractivity contribution in [2.75, 3.05) is 5.32 Å². The second-order valence-corrected chi connectivity index (χ2v) is 5.70. The molecular formula is C17H14ClN5. The summed E-state index contributed by atoms with van der Waals surface area (Å²) in [5.41, 5.74) is 2.94. The zero-order valence-electron chi connectivity index (χ0n) is 12.4. The van der Waals surface area contributed by atoms with Gasteiger partial charge in [-0.05, 0) is 42.5 Å². The number of hydrogen-bond donors (Lipinski definition) is 1. The number of fused-ring (bicyclic) bond motifs is 1. The van der Waals surface area contributed by atoms with Crippen molar-refractivity contribution in [2.45, 2.75) is 0 Å². The SMILES string of the molecule is Cn1nc(Nc2cccc(Cl)c2)c2cc(-n3cccn3)ccc21. The highest BCUT2D eigenvalue weighted by Gasteiger charge is 2.10. The summed E-state index contributed by atoms with van der Waals surface area (Å²) in [7, 11) is 1.93. The van der Waals surface area contributed by atoms with Crippen LogP contribution in [0.2, 0.25) is 5.02 Å². The molecule has 2 aromatic heterocycles. The van der Waals surface area contributed by atoms with Crippen molar-refractivity contribution in [2.24, 2.45) is 7.05 Å². The van der Waals surface area contributed by atoms with Crippen molar-refractivity contribution in [3.05, 3.63) is 65.9 Å². The molecule has 0 unspecified atom stereocenters. The zero-order chi connectivity index (χ0) is 15.8. The van der Waals surface area contributed by atoms with E-state index in [1.54, 1.807) is 6.20 Å². The summed E-state index contributed by atoms with van der Waals surface area (Å²) < 4.78 is 3.69. The first-order chi connectivity index (χ1) is 11.2. The lowest BCUT2D eigenvalue weighted by Crippen LogP contribution is -1.94. The Balaban J connectivity index is 1.81. The summed E-state index contributed by atoms with van der Waals surface area (Å²) in [5, 5.41) is 13.9. The second kappa shape index (κ2) is 5.44. The summed E-state index contributed by atoms with van der Waals surface area (Å²) in [4.78, 5) is 0. The molecule has 0 saturated carbocycles. The van der Waals surface area contributed by atoms with Crippen LogP contribution < -0.4 is 5.32 Å². The van der Waals surface area contributed by atoms with Crippen LogP contribution in [0, 0.1) is 0 Å². The molecule has 4 rings (SSSR count). The van der Waals surface area contributed by atoms with Gasteiger partial charge in [-0.2, -0.15) is 10.2 Å². The zero-order valence-corrected chi connectivity index (χ0v) is 13.2. The smallest absolute Gasteiger partial charge is 0.160 e. The van der Waals surface area contributed by atoms with E-state index in [9.17, 15) is 0 Å². The Morgan fingerprint density at radius 2 is 2.00 bits per heavy atom. The molecule has 0 aliphatic rings. The van der Waals surface area contributed by atoms with Crippen LogP contribution in [0.5, 0.6) is 0 Å². The molecule has 0 bridgehead atoms. The third-order valence-electron chi connectivity index (χ3n) is 3.69. The minimum absolute atomic E-state index is 0.687. The monoisotopic (exact) mass is 323 g/mol. The van der Waals surface area contributed by atoms with Gasteiger partial charge in [-0.25, -0.2) is 4.68 Å². The van der Waals surface area contributed by atoms with Gasteiger partial charge in [0, 0.05) is 35.5 Å². The maximum absolute atomic E-state index is 6.05. The predicted octanol–water partition coefficient (Wildman–Crippen LogP) is 4.16.